The van der Waals surface area contributed by atoms with Crippen molar-refractivity contribution < 1.29 is 4.79 Å². The summed E-state index contributed by atoms with van der Waals surface area (Å²) < 4.78 is 0. The Balaban J connectivity index is 1.53. The molecule has 0 bridgehead atoms. The third-order valence-electron chi connectivity index (χ3n) is 4.95. The first-order valence-corrected chi connectivity index (χ1v) is 9.42. The molecule has 2 aromatic carbocycles. The van der Waals surface area contributed by atoms with E-state index in [1.165, 1.54) is 37.9 Å². The van der Waals surface area contributed by atoms with Crippen molar-refractivity contribution in [3.8, 4) is 11.1 Å². The predicted molar refractivity (Wildman–Crippen MR) is 104 cm³/mol. The van der Waals surface area contributed by atoms with E-state index in [-0.39, 0.29) is 5.91 Å². The number of piperidine rings is 1. The molecule has 1 amide bonds. The molecule has 2 aromatic rings. The molecule has 1 N–H and O–H groups in total. The molecule has 0 aromatic heterocycles. The monoisotopic (exact) mass is 336 g/mol. The van der Waals surface area contributed by atoms with E-state index in [1.807, 2.05) is 42.5 Å². The molecule has 3 nitrogen and oxygen atoms in total. The van der Waals surface area contributed by atoms with Gasteiger partial charge in [-0.05, 0) is 61.5 Å². The summed E-state index contributed by atoms with van der Waals surface area (Å²) in [5.74, 6) is 0.611. The van der Waals surface area contributed by atoms with Gasteiger partial charge in [0.25, 0.3) is 5.91 Å². The largest absolute Gasteiger partial charge is 0.352 e. The third-order valence-corrected chi connectivity index (χ3v) is 4.95. The lowest BCUT2D eigenvalue weighted by Crippen LogP contribution is -2.41. The number of rotatable bonds is 6. The van der Waals surface area contributed by atoms with Crippen molar-refractivity contribution in [1.82, 2.24) is 10.2 Å². The van der Waals surface area contributed by atoms with Crippen molar-refractivity contribution in [3.63, 3.8) is 0 Å². The van der Waals surface area contributed by atoms with Crippen LogP contribution in [0.25, 0.3) is 11.1 Å². The number of carbonyl (C=O) groups is 1. The zero-order valence-corrected chi connectivity index (χ0v) is 15.1. The van der Waals surface area contributed by atoms with Gasteiger partial charge in [0.05, 0.1) is 0 Å². The van der Waals surface area contributed by atoms with E-state index in [0.29, 0.717) is 5.92 Å². The van der Waals surface area contributed by atoms with Gasteiger partial charge in [-0.2, -0.15) is 0 Å². The summed E-state index contributed by atoms with van der Waals surface area (Å²) in [6.07, 6.45) is 3.66. The molecule has 3 rings (SSSR count). The van der Waals surface area contributed by atoms with Gasteiger partial charge >= 0.3 is 0 Å². The van der Waals surface area contributed by atoms with Crippen molar-refractivity contribution in [3.05, 3.63) is 60.2 Å². The SMILES string of the molecule is CCCN1CCCC(CNC(=O)c2ccc(-c3ccccc3)cc2)C1. The molecule has 1 saturated heterocycles. The molecule has 1 aliphatic rings. The van der Waals surface area contributed by atoms with Crippen LogP contribution in [0.5, 0.6) is 0 Å². The number of amides is 1. The van der Waals surface area contributed by atoms with Crippen LogP contribution in [0, 0.1) is 5.92 Å². The van der Waals surface area contributed by atoms with Crippen LogP contribution in [-0.4, -0.2) is 37.0 Å². The van der Waals surface area contributed by atoms with E-state index in [9.17, 15) is 4.79 Å². The Kier molecular flexibility index (Phi) is 6.24. The van der Waals surface area contributed by atoms with E-state index in [4.69, 9.17) is 0 Å². The molecule has 25 heavy (non-hydrogen) atoms. The fraction of sp³-hybridized carbons (Fsp3) is 0.409. The highest BCUT2D eigenvalue weighted by atomic mass is 16.1. The molecule has 1 fully saturated rings. The lowest BCUT2D eigenvalue weighted by molar-refractivity contribution is 0.0932. The smallest absolute Gasteiger partial charge is 0.251 e. The second kappa shape index (κ2) is 8.82. The summed E-state index contributed by atoms with van der Waals surface area (Å²) in [7, 11) is 0. The highest BCUT2D eigenvalue weighted by Crippen LogP contribution is 2.19. The number of hydrogen-bond acceptors (Lipinski definition) is 2. The molecular formula is C22H28N2O. The maximum atomic E-state index is 12.4. The van der Waals surface area contributed by atoms with Gasteiger partial charge in [0.2, 0.25) is 0 Å². The summed E-state index contributed by atoms with van der Waals surface area (Å²) in [6.45, 7) is 6.50. The normalized spacial score (nSPS) is 18.0. The third kappa shape index (κ3) is 4.93. The average molecular weight is 336 g/mol. The Morgan fingerprint density at radius 1 is 1.08 bits per heavy atom. The minimum Gasteiger partial charge on any atom is -0.352 e. The van der Waals surface area contributed by atoms with E-state index < -0.39 is 0 Å². The van der Waals surface area contributed by atoms with Crippen molar-refractivity contribution in [2.24, 2.45) is 5.92 Å². The predicted octanol–water partition coefficient (Wildman–Crippen LogP) is 4.21. The summed E-state index contributed by atoms with van der Waals surface area (Å²) >= 11 is 0. The first-order chi connectivity index (χ1) is 12.3. The maximum absolute atomic E-state index is 12.4. The van der Waals surface area contributed by atoms with E-state index >= 15 is 0 Å². The topological polar surface area (TPSA) is 32.3 Å². The van der Waals surface area contributed by atoms with Crippen molar-refractivity contribution in [1.29, 1.82) is 0 Å². The first-order valence-electron chi connectivity index (χ1n) is 9.42. The average Bonchev–Trinajstić information content (AvgIpc) is 2.67. The molecule has 1 unspecified atom stereocenters. The van der Waals surface area contributed by atoms with Crippen LogP contribution < -0.4 is 5.32 Å². The summed E-state index contributed by atoms with van der Waals surface area (Å²) in [5, 5.41) is 3.12. The van der Waals surface area contributed by atoms with Gasteiger partial charge in [0, 0.05) is 18.7 Å². The Bertz CT molecular complexity index is 664. The quantitative estimate of drug-likeness (QED) is 0.857. The molecule has 0 saturated carbocycles. The number of hydrogen-bond donors (Lipinski definition) is 1. The highest BCUT2D eigenvalue weighted by Gasteiger charge is 2.19. The Morgan fingerprint density at radius 3 is 2.52 bits per heavy atom. The summed E-state index contributed by atoms with van der Waals surface area (Å²) in [4.78, 5) is 14.9. The van der Waals surface area contributed by atoms with Crippen LogP contribution in [0.1, 0.15) is 36.5 Å². The molecule has 1 heterocycles. The minimum absolute atomic E-state index is 0.0345. The van der Waals surface area contributed by atoms with Crippen molar-refractivity contribution in [2.45, 2.75) is 26.2 Å². The Labute approximate surface area is 151 Å². The Morgan fingerprint density at radius 2 is 1.80 bits per heavy atom. The molecule has 0 radical (unpaired) electrons. The van der Waals surface area contributed by atoms with Gasteiger partial charge in [-0.25, -0.2) is 0 Å². The van der Waals surface area contributed by atoms with Crippen LogP contribution in [0.15, 0.2) is 54.6 Å². The van der Waals surface area contributed by atoms with Crippen molar-refractivity contribution >= 4 is 5.91 Å². The molecule has 132 valence electrons. The minimum atomic E-state index is 0.0345. The fourth-order valence-corrected chi connectivity index (χ4v) is 3.62. The molecule has 3 heteroatoms. The van der Waals surface area contributed by atoms with Gasteiger partial charge < -0.3 is 10.2 Å². The van der Waals surface area contributed by atoms with E-state index in [2.05, 4.69) is 29.3 Å². The molecule has 0 aliphatic carbocycles. The van der Waals surface area contributed by atoms with Gasteiger partial charge in [-0.1, -0.05) is 49.4 Å². The first kappa shape index (κ1) is 17.7. The van der Waals surface area contributed by atoms with Crippen LogP contribution >= 0.6 is 0 Å². The zero-order chi connectivity index (χ0) is 17.5. The highest BCUT2D eigenvalue weighted by molar-refractivity contribution is 5.94. The fourth-order valence-electron chi connectivity index (χ4n) is 3.62. The van der Waals surface area contributed by atoms with E-state index in [0.717, 1.165) is 24.2 Å². The zero-order valence-electron chi connectivity index (χ0n) is 15.1. The second-order valence-electron chi connectivity index (χ2n) is 6.96. The Hall–Kier alpha value is -2.13. The van der Waals surface area contributed by atoms with Crippen LogP contribution in [-0.2, 0) is 0 Å². The van der Waals surface area contributed by atoms with Crippen LogP contribution in [0.4, 0.5) is 0 Å². The lowest BCUT2D eigenvalue weighted by Gasteiger charge is -2.32. The molecular weight excluding hydrogens is 308 g/mol. The summed E-state index contributed by atoms with van der Waals surface area (Å²) in [6, 6.07) is 18.1. The number of nitrogens with one attached hydrogen (secondary N) is 1. The number of carbonyl (C=O) groups excluding carboxylic acids is 1. The van der Waals surface area contributed by atoms with Crippen molar-refractivity contribution in [2.75, 3.05) is 26.2 Å². The number of nitrogens with zero attached hydrogens (tertiary/aromatic N) is 1. The molecule has 1 aliphatic heterocycles. The van der Waals surface area contributed by atoms with Crippen LogP contribution in [0.2, 0.25) is 0 Å². The number of likely N-dealkylation sites (tertiary alicyclic amines) is 1. The number of benzene rings is 2. The van der Waals surface area contributed by atoms with Gasteiger partial charge in [-0.15, -0.1) is 0 Å². The van der Waals surface area contributed by atoms with Crippen LogP contribution in [0.3, 0.4) is 0 Å². The van der Waals surface area contributed by atoms with Gasteiger partial charge in [0.1, 0.15) is 0 Å². The van der Waals surface area contributed by atoms with E-state index in [1.54, 1.807) is 0 Å². The second-order valence-corrected chi connectivity index (χ2v) is 6.96. The molecule has 0 spiro atoms. The lowest BCUT2D eigenvalue weighted by atomic mass is 9.97. The maximum Gasteiger partial charge on any atom is 0.251 e. The van der Waals surface area contributed by atoms with Gasteiger partial charge in [0.15, 0.2) is 0 Å². The standard InChI is InChI=1S/C22H28N2O/c1-2-14-24-15-6-7-18(17-24)16-23-22(25)21-12-10-20(11-13-21)19-8-4-3-5-9-19/h3-5,8-13,18H,2,6-7,14-17H2,1H3,(H,23,25). The van der Waals surface area contributed by atoms with Gasteiger partial charge in [-0.3, -0.25) is 4.79 Å². The molecule has 1 atom stereocenters. The summed E-state index contributed by atoms with van der Waals surface area (Å²) in [5.41, 5.74) is 3.05.